The number of nitro groups is 2. The predicted molar refractivity (Wildman–Crippen MR) is 81.7 cm³/mol. The van der Waals surface area contributed by atoms with E-state index in [-0.39, 0.29) is 22.5 Å². The molecule has 0 fully saturated rings. The minimum atomic E-state index is -1.29. The Morgan fingerprint density at radius 2 is 1.52 bits per heavy atom. The maximum absolute atomic E-state index is 11.4. The summed E-state index contributed by atoms with van der Waals surface area (Å²) in [5.41, 5.74) is -0.174. The Kier molecular flexibility index (Phi) is 4.46. The zero-order valence-corrected chi connectivity index (χ0v) is 11.6. The van der Waals surface area contributed by atoms with Crippen molar-refractivity contribution in [3.63, 3.8) is 0 Å². The Hall–Kier alpha value is -3.55. The van der Waals surface area contributed by atoms with E-state index in [0.29, 0.717) is 5.56 Å². The second-order valence-corrected chi connectivity index (χ2v) is 4.52. The molecule has 0 aromatic heterocycles. The van der Waals surface area contributed by atoms with Crippen LogP contribution in [0.25, 0.3) is 11.6 Å². The molecular formula is C15H10N2O6. The lowest BCUT2D eigenvalue weighted by Crippen LogP contribution is -2.00. The summed E-state index contributed by atoms with van der Waals surface area (Å²) in [7, 11) is 0. The lowest BCUT2D eigenvalue weighted by molar-refractivity contribution is -0.385. The van der Waals surface area contributed by atoms with E-state index in [0.717, 1.165) is 6.07 Å². The van der Waals surface area contributed by atoms with Gasteiger partial charge >= 0.3 is 5.97 Å². The molecule has 0 atom stereocenters. The predicted octanol–water partition coefficient (Wildman–Crippen LogP) is 3.13. The molecule has 0 heterocycles. The van der Waals surface area contributed by atoms with Gasteiger partial charge in [-0.2, -0.15) is 0 Å². The first kappa shape index (κ1) is 15.8. The Labute approximate surface area is 129 Å². The first-order valence-corrected chi connectivity index (χ1v) is 6.33. The van der Waals surface area contributed by atoms with Gasteiger partial charge in [0.05, 0.1) is 15.4 Å². The van der Waals surface area contributed by atoms with E-state index in [4.69, 9.17) is 0 Å². The van der Waals surface area contributed by atoms with Gasteiger partial charge in [0.2, 0.25) is 0 Å². The van der Waals surface area contributed by atoms with Crippen molar-refractivity contribution in [3.05, 3.63) is 79.9 Å². The first-order chi connectivity index (χ1) is 10.9. The van der Waals surface area contributed by atoms with E-state index in [9.17, 15) is 30.1 Å². The summed E-state index contributed by atoms with van der Waals surface area (Å²) in [5.74, 6) is -1.29. The molecule has 8 heteroatoms. The molecule has 0 bridgehead atoms. The number of carboxylic acids is 1. The zero-order chi connectivity index (χ0) is 17.0. The van der Waals surface area contributed by atoms with E-state index in [1.165, 1.54) is 48.5 Å². The van der Waals surface area contributed by atoms with Crippen LogP contribution in [0.3, 0.4) is 0 Å². The smallest absolute Gasteiger partial charge is 0.336 e. The van der Waals surface area contributed by atoms with Gasteiger partial charge in [-0.1, -0.05) is 24.3 Å². The zero-order valence-electron chi connectivity index (χ0n) is 11.6. The number of non-ortho nitro benzene ring substituents is 2. The van der Waals surface area contributed by atoms with Crippen LogP contribution < -0.4 is 0 Å². The molecule has 0 saturated heterocycles. The quantitative estimate of drug-likeness (QED) is 0.391. The summed E-state index contributed by atoms with van der Waals surface area (Å²) in [6.07, 6.45) is 1.23. The average Bonchev–Trinajstić information content (AvgIpc) is 2.52. The topological polar surface area (TPSA) is 124 Å². The fraction of sp³-hybridized carbons (Fsp3) is 0. The molecule has 0 radical (unpaired) electrons. The Bertz CT molecular complexity index is 828. The van der Waals surface area contributed by atoms with Crippen LogP contribution in [0.1, 0.15) is 11.1 Å². The maximum Gasteiger partial charge on any atom is 0.336 e. The molecule has 116 valence electrons. The van der Waals surface area contributed by atoms with E-state index in [1.807, 2.05) is 0 Å². The number of nitro benzene ring substituents is 2. The standard InChI is InChI=1S/C15H10N2O6/c18-15(19)14(11-4-2-6-13(9-11)17(22)23)8-10-3-1-5-12(7-10)16(20)21/h1-9H,(H,18,19). The van der Waals surface area contributed by atoms with Gasteiger partial charge in [-0.3, -0.25) is 20.2 Å². The molecule has 0 spiro atoms. The van der Waals surface area contributed by atoms with E-state index >= 15 is 0 Å². The van der Waals surface area contributed by atoms with Gasteiger partial charge in [0.1, 0.15) is 0 Å². The first-order valence-electron chi connectivity index (χ1n) is 6.33. The third-order valence-corrected chi connectivity index (χ3v) is 2.99. The number of aliphatic carboxylic acids is 1. The van der Waals surface area contributed by atoms with Crippen molar-refractivity contribution < 1.29 is 19.7 Å². The van der Waals surface area contributed by atoms with Crippen molar-refractivity contribution >= 4 is 29.0 Å². The molecule has 8 nitrogen and oxygen atoms in total. The van der Waals surface area contributed by atoms with E-state index in [1.54, 1.807) is 0 Å². The van der Waals surface area contributed by atoms with Crippen LogP contribution in [0.15, 0.2) is 48.5 Å². The van der Waals surface area contributed by atoms with Crippen molar-refractivity contribution in [2.45, 2.75) is 0 Å². The molecule has 1 N–H and O–H groups in total. The maximum atomic E-state index is 11.4. The van der Waals surface area contributed by atoms with Crippen LogP contribution >= 0.6 is 0 Å². The van der Waals surface area contributed by atoms with Crippen molar-refractivity contribution in [1.82, 2.24) is 0 Å². The SMILES string of the molecule is O=C(O)C(=Cc1cccc([N+](=O)[O-])c1)c1cccc([N+](=O)[O-])c1. The van der Waals surface area contributed by atoms with Crippen LogP contribution in [-0.4, -0.2) is 20.9 Å². The molecule has 2 aromatic rings. The van der Waals surface area contributed by atoms with E-state index < -0.39 is 15.8 Å². The number of carbonyl (C=O) groups is 1. The van der Waals surface area contributed by atoms with Crippen LogP contribution in [0, 0.1) is 20.2 Å². The van der Waals surface area contributed by atoms with Crippen LogP contribution in [0.2, 0.25) is 0 Å². The molecule has 0 amide bonds. The highest BCUT2D eigenvalue weighted by molar-refractivity contribution is 6.20. The Morgan fingerprint density at radius 3 is 2.09 bits per heavy atom. The normalized spacial score (nSPS) is 11.0. The molecule has 2 rings (SSSR count). The number of hydrogen-bond acceptors (Lipinski definition) is 5. The average molecular weight is 314 g/mol. The highest BCUT2D eigenvalue weighted by atomic mass is 16.6. The summed E-state index contributed by atoms with van der Waals surface area (Å²) in [5, 5.41) is 30.9. The van der Waals surface area contributed by atoms with Gasteiger partial charge in [-0.25, -0.2) is 4.79 Å². The third-order valence-electron chi connectivity index (χ3n) is 2.99. The lowest BCUT2D eigenvalue weighted by atomic mass is 10.0. The highest BCUT2D eigenvalue weighted by Crippen LogP contribution is 2.24. The molecule has 0 saturated carbocycles. The lowest BCUT2D eigenvalue weighted by Gasteiger charge is -2.03. The molecular weight excluding hydrogens is 304 g/mol. The molecule has 0 aliphatic heterocycles. The minimum Gasteiger partial charge on any atom is -0.478 e. The van der Waals surface area contributed by atoms with Crippen LogP contribution in [0.4, 0.5) is 11.4 Å². The summed E-state index contributed by atoms with van der Waals surface area (Å²) < 4.78 is 0. The second-order valence-electron chi connectivity index (χ2n) is 4.52. The largest absolute Gasteiger partial charge is 0.478 e. The summed E-state index contributed by atoms with van der Waals surface area (Å²) in [6, 6.07) is 10.6. The van der Waals surface area contributed by atoms with Crippen LogP contribution in [-0.2, 0) is 4.79 Å². The third kappa shape index (κ3) is 3.76. The van der Waals surface area contributed by atoms with Gasteiger partial charge in [0.25, 0.3) is 11.4 Å². The van der Waals surface area contributed by atoms with Crippen LogP contribution in [0.5, 0.6) is 0 Å². The number of benzene rings is 2. The number of nitrogens with zero attached hydrogens (tertiary/aromatic N) is 2. The van der Waals surface area contributed by atoms with Crippen molar-refractivity contribution in [3.8, 4) is 0 Å². The molecule has 23 heavy (non-hydrogen) atoms. The molecule has 0 unspecified atom stereocenters. The minimum absolute atomic E-state index is 0.137. The summed E-state index contributed by atoms with van der Waals surface area (Å²) in [4.78, 5) is 31.8. The highest BCUT2D eigenvalue weighted by Gasteiger charge is 2.15. The number of carboxylic acid groups (broad SMARTS) is 1. The number of rotatable bonds is 5. The summed E-state index contributed by atoms with van der Waals surface area (Å²) >= 11 is 0. The van der Waals surface area contributed by atoms with Gasteiger partial charge in [-0.15, -0.1) is 0 Å². The van der Waals surface area contributed by atoms with Crippen molar-refractivity contribution in [2.24, 2.45) is 0 Å². The van der Waals surface area contributed by atoms with Gasteiger partial charge in [0.15, 0.2) is 0 Å². The van der Waals surface area contributed by atoms with Gasteiger partial charge in [-0.05, 0) is 17.2 Å². The summed E-state index contributed by atoms with van der Waals surface area (Å²) in [6.45, 7) is 0. The van der Waals surface area contributed by atoms with Crippen molar-refractivity contribution in [1.29, 1.82) is 0 Å². The number of hydrogen-bond donors (Lipinski definition) is 1. The molecule has 0 aliphatic rings. The molecule has 0 aliphatic carbocycles. The van der Waals surface area contributed by atoms with Crippen molar-refractivity contribution in [2.75, 3.05) is 0 Å². The Balaban J connectivity index is 2.52. The van der Waals surface area contributed by atoms with E-state index in [2.05, 4.69) is 0 Å². The fourth-order valence-corrected chi connectivity index (χ4v) is 1.95. The fourth-order valence-electron chi connectivity index (χ4n) is 1.95. The van der Waals surface area contributed by atoms with Gasteiger partial charge in [0, 0.05) is 24.3 Å². The monoisotopic (exact) mass is 314 g/mol. The Morgan fingerprint density at radius 1 is 0.957 bits per heavy atom. The van der Waals surface area contributed by atoms with Gasteiger partial charge < -0.3 is 5.11 Å². The molecule has 2 aromatic carbocycles. The second kappa shape index (κ2) is 6.48.